The van der Waals surface area contributed by atoms with E-state index in [4.69, 9.17) is 19.7 Å². The number of rotatable bonds is 7. The first-order valence-corrected chi connectivity index (χ1v) is 11.6. The second-order valence-corrected chi connectivity index (χ2v) is 8.61. The number of hydrogen-bond donors (Lipinski definition) is 1. The number of nitrogens with zero attached hydrogens (tertiary/aromatic N) is 5. The number of benzene rings is 2. The third-order valence-electron chi connectivity index (χ3n) is 5.39. The number of aromatic nitrogens is 5. The van der Waals surface area contributed by atoms with Crippen LogP contribution in [0.2, 0.25) is 0 Å². The number of fused-ring (bicyclic) bond motifs is 1. The smallest absolute Gasteiger partial charge is 0.252 e. The van der Waals surface area contributed by atoms with Gasteiger partial charge in [0.1, 0.15) is 35.9 Å². The maximum atomic E-state index is 6.33. The van der Waals surface area contributed by atoms with E-state index < -0.39 is 0 Å². The van der Waals surface area contributed by atoms with Gasteiger partial charge in [0.05, 0.1) is 15.1 Å². The molecule has 0 saturated carbocycles. The minimum absolute atomic E-state index is 0.251. The zero-order chi connectivity index (χ0) is 23.7. The van der Waals surface area contributed by atoms with Crippen LogP contribution in [-0.2, 0) is 11.3 Å². The van der Waals surface area contributed by atoms with Crippen molar-refractivity contribution in [2.24, 2.45) is 0 Å². The summed E-state index contributed by atoms with van der Waals surface area (Å²) in [5.41, 5.74) is 8.93. The van der Waals surface area contributed by atoms with E-state index >= 15 is 0 Å². The molecule has 2 N–H and O–H groups in total. The molecule has 0 spiro atoms. The van der Waals surface area contributed by atoms with Crippen molar-refractivity contribution in [2.45, 2.75) is 19.6 Å². The van der Waals surface area contributed by atoms with E-state index in [-0.39, 0.29) is 12.6 Å². The third-order valence-corrected chi connectivity index (χ3v) is 6.45. The molecule has 0 saturated heterocycles. The summed E-state index contributed by atoms with van der Waals surface area (Å²) in [5.74, 6) is 2.86. The minimum atomic E-state index is -0.257. The number of anilines is 1. The van der Waals surface area contributed by atoms with Crippen molar-refractivity contribution in [3.05, 3.63) is 76.3 Å². The summed E-state index contributed by atoms with van der Waals surface area (Å²) >= 11 is 2.30. The van der Waals surface area contributed by atoms with Crippen LogP contribution >= 0.6 is 22.6 Å². The molecule has 10 heteroatoms. The molecular formula is C24H21IN6O3. The maximum Gasteiger partial charge on any atom is 0.252 e. The van der Waals surface area contributed by atoms with Gasteiger partial charge in [0.15, 0.2) is 5.82 Å². The molecule has 2 aromatic carbocycles. The molecule has 0 radical (unpaired) electrons. The van der Waals surface area contributed by atoms with Crippen LogP contribution in [0.15, 0.2) is 65.4 Å². The van der Waals surface area contributed by atoms with Crippen molar-refractivity contribution in [2.75, 3.05) is 12.8 Å². The number of ether oxygens (including phenoxy) is 2. The van der Waals surface area contributed by atoms with Gasteiger partial charge in [0.2, 0.25) is 0 Å². The summed E-state index contributed by atoms with van der Waals surface area (Å²) in [4.78, 5) is 13.2. The highest BCUT2D eigenvalue weighted by molar-refractivity contribution is 14.1. The summed E-state index contributed by atoms with van der Waals surface area (Å²) in [7, 11) is 1.58. The Hall–Kier alpha value is -3.51. The molecule has 5 rings (SSSR count). The average molecular weight is 568 g/mol. The van der Waals surface area contributed by atoms with Gasteiger partial charge in [0, 0.05) is 12.7 Å². The molecule has 0 amide bonds. The van der Waals surface area contributed by atoms with Crippen LogP contribution in [-0.4, -0.2) is 31.8 Å². The fourth-order valence-electron chi connectivity index (χ4n) is 3.79. The van der Waals surface area contributed by atoms with E-state index in [0.717, 1.165) is 31.7 Å². The first-order chi connectivity index (χ1) is 16.6. The Balaban J connectivity index is 1.57. The zero-order valence-electron chi connectivity index (χ0n) is 18.5. The lowest BCUT2D eigenvalue weighted by atomic mass is 10.1. The van der Waals surface area contributed by atoms with Crippen LogP contribution in [0.5, 0.6) is 11.5 Å². The molecule has 3 heterocycles. The van der Waals surface area contributed by atoms with E-state index in [2.05, 4.69) is 42.7 Å². The Labute approximate surface area is 209 Å². The van der Waals surface area contributed by atoms with E-state index in [1.807, 2.05) is 66.1 Å². The molecule has 0 bridgehead atoms. The quantitative estimate of drug-likeness (QED) is 0.266. The van der Waals surface area contributed by atoms with Crippen molar-refractivity contribution < 1.29 is 14.0 Å². The Bertz CT molecular complexity index is 1430. The molecule has 0 fully saturated rings. The fourth-order valence-corrected chi connectivity index (χ4v) is 5.02. The van der Waals surface area contributed by atoms with Gasteiger partial charge in [-0.25, -0.2) is 9.97 Å². The second-order valence-electron chi connectivity index (χ2n) is 7.59. The highest BCUT2D eigenvalue weighted by atomic mass is 127. The number of nitrogen functional groups attached to an aromatic ring is 1. The monoisotopic (exact) mass is 568 g/mol. The molecule has 34 heavy (non-hydrogen) atoms. The molecule has 0 aliphatic heterocycles. The molecule has 0 aliphatic rings. The fraction of sp³-hybridized carbons (Fsp3) is 0.167. The van der Waals surface area contributed by atoms with Crippen LogP contribution in [0.25, 0.3) is 22.2 Å². The van der Waals surface area contributed by atoms with E-state index in [0.29, 0.717) is 23.2 Å². The number of halogens is 1. The lowest BCUT2D eigenvalue weighted by Crippen LogP contribution is -2.11. The topological polar surface area (TPSA) is 114 Å². The van der Waals surface area contributed by atoms with Gasteiger partial charge < -0.3 is 24.3 Å². The van der Waals surface area contributed by atoms with Crippen molar-refractivity contribution in [3.8, 4) is 22.6 Å². The first-order valence-electron chi connectivity index (χ1n) is 10.5. The summed E-state index contributed by atoms with van der Waals surface area (Å²) < 4.78 is 19.3. The van der Waals surface area contributed by atoms with Crippen LogP contribution in [0, 0.1) is 3.70 Å². The van der Waals surface area contributed by atoms with Crippen LogP contribution < -0.4 is 10.5 Å². The van der Waals surface area contributed by atoms with Crippen LogP contribution in [0.4, 0.5) is 5.82 Å². The molecule has 3 aromatic heterocycles. The van der Waals surface area contributed by atoms with Crippen molar-refractivity contribution in [1.29, 1.82) is 0 Å². The number of nitrogens with two attached hydrogens (primary N) is 1. The van der Waals surface area contributed by atoms with E-state index in [1.165, 1.54) is 6.33 Å². The van der Waals surface area contributed by atoms with E-state index in [1.54, 1.807) is 7.11 Å². The molecular weight excluding hydrogens is 547 g/mol. The Morgan fingerprint density at radius 1 is 1.06 bits per heavy atom. The summed E-state index contributed by atoms with van der Waals surface area (Å²) in [6, 6.07) is 17.3. The van der Waals surface area contributed by atoms with Gasteiger partial charge in [0.25, 0.3) is 5.89 Å². The molecule has 1 atom stereocenters. The number of hydrogen-bond acceptors (Lipinski definition) is 8. The van der Waals surface area contributed by atoms with E-state index in [9.17, 15) is 0 Å². The molecule has 172 valence electrons. The SMILES string of the molecule is COCc1nc(C(C)n2c(I)c(-c3ccc(Oc4ccccc4)cc3)c3c(N)ncnc32)no1. The van der Waals surface area contributed by atoms with Gasteiger partial charge >= 0.3 is 0 Å². The standard InChI is InChI=1S/C24H21IN6O3/c1-14(23-29-18(12-32-2)34-30-23)31-21(25)19(20-22(26)27-13-28-24(20)31)15-8-10-17(11-9-15)33-16-6-4-3-5-7-16/h3-11,13-14H,12H2,1-2H3,(H2,26,27,28). The van der Waals surface area contributed by atoms with Crippen molar-refractivity contribution in [3.63, 3.8) is 0 Å². The molecule has 1 unspecified atom stereocenters. The van der Waals surface area contributed by atoms with Crippen LogP contribution in [0.3, 0.4) is 0 Å². The molecule has 9 nitrogen and oxygen atoms in total. The predicted molar refractivity (Wildman–Crippen MR) is 135 cm³/mol. The van der Waals surface area contributed by atoms with Gasteiger partial charge in [-0.1, -0.05) is 35.5 Å². The van der Waals surface area contributed by atoms with Crippen LogP contribution in [0.1, 0.15) is 24.7 Å². The first kappa shape index (κ1) is 22.3. The van der Waals surface area contributed by atoms with Gasteiger partial charge in [-0.15, -0.1) is 0 Å². The lowest BCUT2D eigenvalue weighted by Gasteiger charge is -2.13. The Morgan fingerprint density at radius 2 is 1.79 bits per heavy atom. The van der Waals surface area contributed by atoms with Gasteiger partial charge in [-0.05, 0) is 59.3 Å². The minimum Gasteiger partial charge on any atom is -0.457 e. The second kappa shape index (κ2) is 9.39. The normalized spacial score (nSPS) is 12.2. The number of para-hydroxylation sites is 1. The molecule has 0 aliphatic carbocycles. The highest BCUT2D eigenvalue weighted by Gasteiger charge is 2.26. The van der Waals surface area contributed by atoms with Gasteiger partial charge in [-0.3, -0.25) is 0 Å². The van der Waals surface area contributed by atoms with Crippen molar-refractivity contribution >= 4 is 39.4 Å². The summed E-state index contributed by atoms with van der Waals surface area (Å²) in [6.07, 6.45) is 1.46. The maximum absolute atomic E-state index is 6.33. The Kier molecular flexibility index (Phi) is 6.16. The average Bonchev–Trinajstić information content (AvgIpc) is 3.43. The summed E-state index contributed by atoms with van der Waals surface area (Å²) in [5, 5.41) is 4.91. The molecule has 5 aromatic rings. The zero-order valence-corrected chi connectivity index (χ0v) is 20.6. The number of methoxy groups -OCH3 is 1. The Morgan fingerprint density at radius 3 is 2.53 bits per heavy atom. The third kappa shape index (κ3) is 4.10. The lowest BCUT2D eigenvalue weighted by molar-refractivity contribution is 0.151. The summed E-state index contributed by atoms with van der Waals surface area (Å²) in [6.45, 7) is 2.24. The predicted octanol–water partition coefficient (Wildman–Crippen LogP) is 5.22. The highest BCUT2D eigenvalue weighted by Crippen LogP contribution is 2.40. The van der Waals surface area contributed by atoms with Gasteiger partial charge in [-0.2, -0.15) is 4.98 Å². The van der Waals surface area contributed by atoms with Crippen molar-refractivity contribution in [1.82, 2.24) is 24.7 Å². The largest absolute Gasteiger partial charge is 0.457 e.